The van der Waals surface area contributed by atoms with Gasteiger partial charge in [0, 0.05) is 32.9 Å². The van der Waals surface area contributed by atoms with E-state index in [-0.39, 0.29) is 18.6 Å². The molecule has 134 valence electrons. The molecule has 0 spiro atoms. The molecule has 1 unspecified atom stereocenters. The minimum absolute atomic E-state index is 0.0278. The van der Waals surface area contributed by atoms with E-state index >= 15 is 0 Å². The molecule has 24 heavy (non-hydrogen) atoms. The summed E-state index contributed by atoms with van der Waals surface area (Å²) >= 11 is 0. The molecule has 1 aromatic carbocycles. The highest BCUT2D eigenvalue weighted by Gasteiger charge is 2.22. The van der Waals surface area contributed by atoms with Crippen molar-refractivity contribution in [1.82, 2.24) is 5.32 Å². The van der Waals surface area contributed by atoms with Crippen LogP contribution in [-0.2, 0) is 19.6 Å². The van der Waals surface area contributed by atoms with Crippen molar-refractivity contribution in [3.05, 3.63) is 24.3 Å². The topological polar surface area (TPSA) is 79.0 Å². The molecule has 1 fully saturated rings. The summed E-state index contributed by atoms with van der Waals surface area (Å²) in [5.74, 6) is -0.340. The molecule has 1 heterocycles. The van der Waals surface area contributed by atoms with Crippen molar-refractivity contribution in [2.24, 2.45) is 0 Å². The Morgan fingerprint density at radius 2 is 1.88 bits per heavy atom. The van der Waals surface area contributed by atoms with E-state index in [1.54, 1.807) is 12.1 Å². The summed E-state index contributed by atoms with van der Waals surface area (Å²) in [5.41, 5.74) is 1.42. The van der Waals surface area contributed by atoms with E-state index in [0.717, 1.165) is 29.1 Å². The summed E-state index contributed by atoms with van der Waals surface area (Å²) in [4.78, 5) is 14.0. The van der Waals surface area contributed by atoms with Crippen molar-refractivity contribution in [1.29, 1.82) is 0 Å². The third-order valence-electron chi connectivity index (χ3n) is 3.89. The Morgan fingerprint density at radius 3 is 2.38 bits per heavy atom. The first kappa shape index (κ1) is 18.5. The second-order valence-electron chi connectivity index (χ2n) is 6.12. The minimum Gasteiger partial charge on any atom is -0.378 e. The number of amides is 1. The normalized spacial score (nSPS) is 17.5. The van der Waals surface area contributed by atoms with Gasteiger partial charge in [-0.3, -0.25) is 9.10 Å². The molecule has 1 aliphatic rings. The average Bonchev–Trinajstić information content (AvgIpc) is 3.03. The van der Waals surface area contributed by atoms with Gasteiger partial charge in [0.2, 0.25) is 15.9 Å². The van der Waals surface area contributed by atoms with E-state index in [0.29, 0.717) is 18.8 Å². The van der Waals surface area contributed by atoms with E-state index in [2.05, 4.69) is 5.32 Å². The van der Waals surface area contributed by atoms with Crippen molar-refractivity contribution in [3.63, 3.8) is 0 Å². The number of nitrogens with zero attached hydrogens (tertiary/aromatic N) is 2. The van der Waals surface area contributed by atoms with Crippen LogP contribution in [0.5, 0.6) is 0 Å². The fourth-order valence-corrected chi connectivity index (χ4v) is 3.39. The highest BCUT2D eigenvalue weighted by Crippen LogP contribution is 2.21. The molecule has 0 bridgehead atoms. The molecule has 8 heteroatoms. The molecule has 1 aromatic rings. The monoisotopic (exact) mass is 355 g/mol. The number of rotatable bonds is 7. The van der Waals surface area contributed by atoms with Crippen molar-refractivity contribution in [3.8, 4) is 0 Å². The van der Waals surface area contributed by atoms with Crippen LogP contribution in [0.3, 0.4) is 0 Å². The molecule has 1 atom stereocenters. The first-order valence-corrected chi connectivity index (χ1v) is 9.75. The Hall–Kier alpha value is -1.80. The van der Waals surface area contributed by atoms with Crippen LogP contribution in [-0.4, -0.2) is 60.5 Å². The third-order valence-corrected chi connectivity index (χ3v) is 5.03. The van der Waals surface area contributed by atoms with Gasteiger partial charge < -0.3 is 15.0 Å². The van der Waals surface area contributed by atoms with Gasteiger partial charge in [0.25, 0.3) is 0 Å². The summed E-state index contributed by atoms with van der Waals surface area (Å²) in [6, 6.07) is 7.03. The molecule has 0 aromatic heterocycles. The average molecular weight is 355 g/mol. The number of carbonyl (C=O) groups excluding carboxylic acids is 1. The van der Waals surface area contributed by atoms with Crippen LogP contribution in [0.2, 0.25) is 0 Å². The first-order valence-electron chi connectivity index (χ1n) is 7.91. The number of sulfonamides is 1. The van der Waals surface area contributed by atoms with E-state index in [9.17, 15) is 13.2 Å². The van der Waals surface area contributed by atoms with Gasteiger partial charge in [-0.25, -0.2) is 8.42 Å². The number of ether oxygens (including phenoxy) is 1. The van der Waals surface area contributed by atoms with Gasteiger partial charge in [-0.2, -0.15) is 0 Å². The minimum atomic E-state index is -3.56. The SMILES string of the molecule is CN(C)c1ccc(N(CC(=O)NCC2CCCO2)S(C)(=O)=O)cc1. The lowest BCUT2D eigenvalue weighted by Gasteiger charge is -2.23. The Balaban J connectivity index is 2.03. The molecule has 7 nitrogen and oxygen atoms in total. The van der Waals surface area contributed by atoms with Gasteiger partial charge in [0.15, 0.2) is 0 Å². The fraction of sp³-hybridized carbons (Fsp3) is 0.562. The molecule has 0 radical (unpaired) electrons. The highest BCUT2D eigenvalue weighted by molar-refractivity contribution is 7.92. The molecule has 1 amide bonds. The van der Waals surface area contributed by atoms with Crippen LogP contribution in [0, 0.1) is 0 Å². The van der Waals surface area contributed by atoms with Gasteiger partial charge >= 0.3 is 0 Å². The molecular weight excluding hydrogens is 330 g/mol. The van der Waals surface area contributed by atoms with Crippen molar-refractivity contribution >= 4 is 27.3 Å². The van der Waals surface area contributed by atoms with Crippen LogP contribution in [0.4, 0.5) is 11.4 Å². The summed E-state index contributed by atoms with van der Waals surface area (Å²) in [6.45, 7) is 0.886. The smallest absolute Gasteiger partial charge is 0.240 e. The molecule has 0 aliphatic carbocycles. The van der Waals surface area contributed by atoms with E-state index in [4.69, 9.17) is 4.74 Å². The van der Waals surface area contributed by atoms with Crippen molar-refractivity contribution < 1.29 is 17.9 Å². The van der Waals surface area contributed by atoms with Crippen LogP contribution in [0.1, 0.15) is 12.8 Å². The second kappa shape index (κ2) is 7.85. The van der Waals surface area contributed by atoms with E-state index in [1.807, 2.05) is 31.1 Å². The predicted octanol–water partition coefficient (Wildman–Crippen LogP) is 0.814. The number of benzene rings is 1. The van der Waals surface area contributed by atoms with Crippen LogP contribution in [0.15, 0.2) is 24.3 Å². The standard InChI is InChI=1S/C16H25N3O4S/c1-18(2)13-6-8-14(9-7-13)19(24(3,21)22)12-16(20)17-11-15-5-4-10-23-15/h6-9,15H,4-5,10-12H2,1-3H3,(H,17,20). The van der Waals surface area contributed by atoms with Gasteiger partial charge in [-0.15, -0.1) is 0 Å². The Morgan fingerprint density at radius 1 is 1.25 bits per heavy atom. The first-order chi connectivity index (χ1) is 11.3. The van der Waals surface area contributed by atoms with E-state index in [1.165, 1.54) is 0 Å². The van der Waals surface area contributed by atoms with Crippen molar-refractivity contribution in [2.45, 2.75) is 18.9 Å². The van der Waals surface area contributed by atoms with Crippen LogP contribution in [0.25, 0.3) is 0 Å². The maximum Gasteiger partial charge on any atom is 0.240 e. The summed E-state index contributed by atoms with van der Waals surface area (Å²) in [5, 5.41) is 2.75. The molecule has 1 aliphatic heterocycles. The second-order valence-corrected chi connectivity index (χ2v) is 8.03. The molecule has 2 rings (SSSR count). The predicted molar refractivity (Wildman–Crippen MR) is 94.9 cm³/mol. The van der Waals surface area contributed by atoms with Gasteiger partial charge in [-0.1, -0.05) is 0 Å². The Kier molecular flexibility index (Phi) is 6.06. The number of hydrogen-bond acceptors (Lipinski definition) is 5. The summed E-state index contributed by atoms with van der Waals surface area (Å²) < 4.78 is 30.7. The number of carbonyl (C=O) groups is 1. The third kappa shape index (κ3) is 5.10. The number of hydrogen-bond donors (Lipinski definition) is 1. The largest absolute Gasteiger partial charge is 0.378 e. The fourth-order valence-electron chi connectivity index (χ4n) is 2.54. The number of nitrogens with one attached hydrogen (secondary N) is 1. The summed E-state index contributed by atoms with van der Waals surface area (Å²) in [6.07, 6.45) is 3.04. The Bertz CT molecular complexity index is 652. The van der Waals surface area contributed by atoms with E-state index < -0.39 is 10.0 Å². The number of anilines is 2. The zero-order valence-corrected chi connectivity index (χ0v) is 15.2. The van der Waals surface area contributed by atoms with Crippen LogP contribution >= 0.6 is 0 Å². The molecular formula is C16H25N3O4S. The summed E-state index contributed by atoms with van der Waals surface area (Å²) in [7, 11) is 0.253. The quantitative estimate of drug-likeness (QED) is 0.783. The van der Waals surface area contributed by atoms with Crippen molar-refractivity contribution in [2.75, 3.05) is 49.3 Å². The highest BCUT2D eigenvalue weighted by atomic mass is 32.2. The zero-order valence-electron chi connectivity index (χ0n) is 14.4. The Labute approximate surface area is 143 Å². The van der Waals surface area contributed by atoms with Gasteiger partial charge in [-0.05, 0) is 37.1 Å². The maximum atomic E-state index is 12.1. The molecule has 1 saturated heterocycles. The lowest BCUT2D eigenvalue weighted by Crippen LogP contribution is -2.42. The van der Waals surface area contributed by atoms with Gasteiger partial charge in [0.1, 0.15) is 6.54 Å². The zero-order chi connectivity index (χ0) is 17.7. The molecule has 1 N–H and O–H groups in total. The molecule has 0 saturated carbocycles. The maximum absolute atomic E-state index is 12.1. The lowest BCUT2D eigenvalue weighted by molar-refractivity contribution is -0.120. The lowest BCUT2D eigenvalue weighted by atomic mass is 10.2. The van der Waals surface area contributed by atoms with Crippen LogP contribution < -0.4 is 14.5 Å². The van der Waals surface area contributed by atoms with Gasteiger partial charge in [0.05, 0.1) is 18.0 Å².